The van der Waals surface area contributed by atoms with Gasteiger partial charge in [-0.1, -0.05) is 25.5 Å². The SMILES string of the molecule is CCC(C)[C@H](NC(=O)Cn1ccnn1)C(=O)O. The Hall–Kier alpha value is -1.92. The predicted molar refractivity (Wildman–Crippen MR) is 59.0 cm³/mol. The van der Waals surface area contributed by atoms with Crippen LogP contribution in [0.4, 0.5) is 0 Å². The largest absolute Gasteiger partial charge is 0.480 e. The summed E-state index contributed by atoms with van der Waals surface area (Å²) in [6, 6.07) is -0.865. The Bertz CT molecular complexity index is 377. The molecule has 2 N–H and O–H groups in total. The van der Waals surface area contributed by atoms with E-state index in [1.807, 2.05) is 6.92 Å². The molecule has 1 aromatic rings. The van der Waals surface area contributed by atoms with Crippen molar-refractivity contribution in [2.75, 3.05) is 0 Å². The van der Waals surface area contributed by atoms with Crippen LogP contribution >= 0.6 is 0 Å². The molecule has 0 bridgehead atoms. The fourth-order valence-electron chi connectivity index (χ4n) is 1.37. The van der Waals surface area contributed by atoms with Gasteiger partial charge >= 0.3 is 5.97 Å². The maximum Gasteiger partial charge on any atom is 0.326 e. The van der Waals surface area contributed by atoms with Crippen LogP contribution in [0.3, 0.4) is 0 Å². The highest BCUT2D eigenvalue weighted by Gasteiger charge is 2.25. The molecule has 0 fully saturated rings. The van der Waals surface area contributed by atoms with Crippen molar-refractivity contribution in [2.24, 2.45) is 5.92 Å². The van der Waals surface area contributed by atoms with Crippen molar-refractivity contribution in [3.05, 3.63) is 12.4 Å². The number of amides is 1. The highest BCUT2D eigenvalue weighted by atomic mass is 16.4. The van der Waals surface area contributed by atoms with Crippen LogP contribution in [0.1, 0.15) is 20.3 Å². The second-order valence-electron chi connectivity index (χ2n) is 3.87. The molecule has 2 atom stereocenters. The molecule has 0 radical (unpaired) electrons. The van der Waals surface area contributed by atoms with E-state index in [1.165, 1.54) is 10.9 Å². The molecular weight excluding hydrogens is 224 g/mol. The molecule has 7 nitrogen and oxygen atoms in total. The van der Waals surface area contributed by atoms with Crippen molar-refractivity contribution in [3.63, 3.8) is 0 Å². The van der Waals surface area contributed by atoms with Crippen molar-refractivity contribution < 1.29 is 14.7 Å². The van der Waals surface area contributed by atoms with Crippen molar-refractivity contribution in [3.8, 4) is 0 Å². The van der Waals surface area contributed by atoms with E-state index < -0.39 is 12.0 Å². The smallest absolute Gasteiger partial charge is 0.326 e. The van der Waals surface area contributed by atoms with Gasteiger partial charge in [0.2, 0.25) is 5.91 Å². The fourth-order valence-corrected chi connectivity index (χ4v) is 1.37. The molecule has 1 heterocycles. The number of nitrogens with one attached hydrogen (secondary N) is 1. The Morgan fingerprint density at radius 2 is 2.24 bits per heavy atom. The molecule has 1 amide bonds. The molecule has 0 aliphatic rings. The number of nitrogens with zero attached hydrogens (tertiary/aromatic N) is 3. The Balaban J connectivity index is 2.55. The van der Waals surface area contributed by atoms with E-state index in [4.69, 9.17) is 5.11 Å². The van der Waals surface area contributed by atoms with Crippen LogP contribution in [0.2, 0.25) is 0 Å². The standard InChI is InChI=1S/C10H16N4O3/c1-3-7(2)9(10(16)17)12-8(15)6-14-5-4-11-13-14/h4-5,7,9H,3,6H2,1-2H3,(H,12,15)(H,16,17)/t7?,9-/m0/s1. The van der Waals surface area contributed by atoms with Crippen molar-refractivity contribution in [2.45, 2.75) is 32.9 Å². The van der Waals surface area contributed by atoms with Gasteiger partial charge in [-0.05, 0) is 5.92 Å². The Morgan fingerprint density at radius 3 is 2.71 bits per heavy atom. The van der Waals surface area contributed by atoms with Crippen LogP contribution in [-0.2, 0) is 16.1 Å². The van der Waals surface area contributed by atoms with Gasteiger partial charge in [0, 0.05) is 6.20 Å². The zero-order valence-corrected chi connectivity index (χ0v) is 9.83. The lowest BCUT2D eigenvalue weighted by atomic mass is 9.99. The lowest BCUT2D eigenvalue weighted by Crippen LogP contribution is -2.46. The van der Waals surface area contributed by atoms with E-state index in [0.717, 1.165) is 0 Å². The first-order valence-electron chi connectivity index (χ1n) is 5.40. The summed E-state index contributed by atoms with van der Waals surface area (Å²) in [6.07, 6.45) is 3.68. The van der Waals surface area contributed by atoms with Crippen LogP contribution in [-0.4, -0.2) is 38.0 Å². The normalized spacial score (nSPS) is 14.0. The van der Waals surface area contributed by atoms with Gasteiger partial charge < -0.3 is 10.4 Å². The first-order chi connectivity index (χ1) is 8.04. The quantitative estimate of drug-likeness (QED) is 0.723. The minimum absolute atomic E-state index is 0.0276. The molecule has 0 spiro atoms. The molecule has 0 saturated heterocycles. The predicted octanol–water partition coefficient (Wildman–Crippen LogP) is -0.106. The highest BCUT2D eigenvalue weighted by molar-refractivity contribution is 5.83. The summed E-state index contributed by atoms with van der Waals surface area (Å²) in [4.78, 5) is 22.6. The third-order valence-electron chi connectivity index (χ3n) is 2.57. The number of carboxylic acid groups (broad SMARTS) is 1. The minimum atomic E-state index is -1.02. The molecule has 94 valence electrons. The number of carboxylic acids is 1. The van der Waals surface area contributed by atoms with E-state index in [9.17, 15) is 9.59 Å². The lowest BCUT2D eigenvalue weighted by molar-refractivity contribution is -0.143. The topological polar surface area (TPSA) is 97.1 Å². The maximum absolute atomic E-state index is 11.6. The third kappa shape index (κ3) is 3.86. The summed E-state index contributed by atoms with van der Waals surface area (Å²) in [6.45, 7) is 3.64. The van der Waals surface area contributed by atoms with Crippen LogP contribution in [0.25, 0.3) is 0 Å². The van der Waals surface area contributed by atoms with E-state index >= 15 is 0 Å². The molecule has 0 saturated carbocycles. The Labute approximate surface area is 98.8 Å². The van der Waals surface area contributed by atoms with Crippen molar-refractivity contribution in [1.82, 2.24) is 20.3 Å². The fraction of sp³-hybridized carbons (Fsp3) is 0.600. The number of carbonyl (C=O) groups excluding carboxylic acids is 1. The number of aliphatic carboxylic acids is 1. The minimum Gasteiger partial charge on any atom is -0.480 e. The van der Waals surface area contributed by atoms with Gasteiger partial charge in [-0.25, -0.2) is 9.48 Å². The third-order valence-corrected chi connectivity index (χ3v) is 2.57. The van der Waals surface area contributed by atoms with Gasteiger partial charge in [0.25, 0.3) is 0 Å². The molecular formula is C10H16N4O3. The zero-order valence-electron chi connectivity index (χ0n) is 9.83. The summed E-state index contributed by atoms with van der Waals surface area (Å²) in [5.74, 6) is -1.53. The summed E-state index contributed by atoms with van der Waals surface area (Å²) < 4.78 is 1.34. The molecule has 1 aromatic heterocycles. The Morgan fingerprint density at radius 1 is 1.53 bits per heavy atom. The zero-order chi connectivity index (χ0) is 12.8. The van der Waals surface area contributed by atoms with Gasteiger partial charge in [-0.3, -0.25) is 4.79 Å². The van der Waals surface area contributed by atoms with Gasteiger partial charge in [-0.15, -0.1) is 5.10 Å². The Kier molecular flexibility index (Phi) is 4.62. The number of hydrogen-bond acceptors (Lipinski definition) is 4. The van der Waals surface area contributed by atoms with E-state index in [2.05, 4.69) is 15.6 Å². The molecule has 7 heteroatoms. The van der Waals surface area contributed by atoms with Crippen LogP contribution in [0.15, 0.2) is 12.4 Å². The summed E-state index contributed by atoms with van der Waals surface area (Å²) in [7, 11) is 0. The number of rotatable bonds is 6. The number of hydrogen-bond donors (Lipinski definition) is 2. The lowest BCUT2D eigenvalue weighted by Gasteiger charge is -2.19. The van der Waals surface area contributed by atoms with Gasteiger partial charge in [0.1, 0.15) is 12.6 Å². The highest BCUT2D eigenvalue weighted by Crippen LogP contribution is 2.07. The number of carbonyl (C=O) groups is 2. The van der Waals surface area contributed by atoms with E-state index in [0.29, 0.717) is 6.42 Å². The summed E-state index contributed by atoms with van der Waals surface area (Å²) in [5.41, 5.74) is 0. The monoisotopic (exact) mass is 240 g/mol. The van der Waals surface area contributed by atoms with E-state index in [-0.39, 0.29) is 18.4 Å². The van der Waals surface area contributed by atoms with Crippen LogP contribution in [0.5, 0.6) is 0 Å². The average Bonchev–Trinajstić information content (AvgIpc) is 2.77. The first kappa shape index (κ1) is 13.1. The average molecular weight is 240 g/mol. The van der Waals surface area contributed by atoms with Gasteiger partial charge in [0.05, 0.1) is 6.20 Å². The van der Waals surface area contributed by atoms with Gasteiger partial charge in [-0.2, -0.15) is 0 Å². The van der Waals surface area contributed by atoms with Crippen LogP contribution in [0, 0.1) is 5.92 Å². The molecule has 0 aliphatic heterocycles. The van der Waals surface area contributed by atoms with Crippen molar-refractivity contribution >= 4 is 11.9 Å². The second-order valence-corrected chi connectivity index (χ2v) is 3.87. The maximum atomic E-state index is 11.6. The molecule has 1 rings (SSSR count). The summed E-state index contributed by atoms with van der Waals surface area (Å²) >= 11 is 0. The van der Waals surface area contributed by atoms with Gasteiger partial charge in [0.15, 0.2) is 0 Å². The molecule has 1 unspecified atom stereocenters. The molecule has 17 heavy (non-hydrogen) atoms. The second kappa shape index (κ2) is 5.97. The van der Waals surface area contributed by atoms with Crippen molar-refractivity contribution in [1.29, 1.82) is 0 Å². The first-order valence-corrected chi connectivity index (χ1v) is 5.40. The molecule has 0 aromatic carbocycles. The summed E-state index contributed by atoms with van der Waals surface area (Å²) in [5, 5.41) is 18.7. The van der Waals surface area contributed by atoms with Crippen LogP contribution < -0.4 is 5.32 Å². The van der Waals surface area contributed by atoms with E-state index in [1.54, 1.807) is 13.1 Å². The molecule has 0 aliphatic carbocycles. The number of aromatic nitrogens is 3.